The van der Waals surface area contributed by atoms with E-state index in [4.69, 9.17) is 27.1 Å². The quantitative estimate of drug-likeness (QED) is 0.350. The lowest BCUT2D eigenvalue weighted by molar-refractivity contribution is 0.0838. The molecule has 3 aromatic carbocycles. The van der Waals surface area contributed by atoms with Gasteiger partial charge >= 0.3 is 0 Å². The van der Waals surface area contributed by atoms with Gasteiger partial charge in [-0.1, -0.05) is 59.6 Å². The Morgan fingerprint density at radius 2 is 1.88 bits per heavy atom. The SMILES string of the molecule is Cc1ccc(CC(CON)NC(=O)c2c(Oc3cccc(Cl)c3)nnc3ccccc23)c(C)c1. The number of nitrogens with two attached hydrogens (primary N) is 1. The van der Waals surface area contributed by atoms with E-state index in [0.29, 0.717) is 28.1 Å². The lowest BCUT2D eigenvalue weighted by Gasteiger charge is -2.20. The van der Waals surface area contributed by atoms with Crippen LogP contribution >= 0.6 is 11.6 Å². The van der Waals surface area contributed by atoms with Crippen molar-refractivity contribution in [2.75, 3.05) is 6.61 Å². The van der Waals surface area contributed by atoms with Crippen molar-refractivity contribution in [1.82, 2.24) is 15.5 Å². The Morgan fingerprint density at radius 3 is 2.65 bits per heavy atom. The molecule has 0 aliphatic rings. The molecule has 0 aliphatic heterocycles. The predicted octanol–water partition coefficient (Wildman–Crippen LogP) is 4.92. The second-order valence-corrected chi connectivity index (χ2v) is 8.53. The van der Waals surface area contributed by atoms with Crippen LogP contribution in [-0.2, 0) is 11.3 Å². The molecule has 4 rings (SSSR count). The van der Waals surface area contributed by atoms with Gasteiger partial charge in [0.2, 0.25) is 0 Å². The largest absolute Gasteiger partial charge is 0.437 e. The zero-order chi connectivity index (χ0) is 24.1. The number of rotatable bonds is 8. The number of amides is 1. The second kappa shape index (κ2) is 10.6. The Hall–Kier alpha value is -3.52. The molecule has 0 saturated heterocycles. The Morgan fingerprint density at radius 1 is 1.06 bits per heavy atom. The second-order valence-electron chi connectivity index (χ2n) is 8.09. The van der Waals surface area contributed by atoms with Gasteiger partial charge in [0.05, 0.1) is 18.2 Å². The summed E-state index contributed by atoms with van der Waals surface area (Å²) < 4.78 is 5.94. The van der Waals surface area contributed by atoms with Gasteiger partial charge in [-0.05, 0) is 55.7 Å². The van der Waals surface area contributed by atoms with Crippen LogP contribution < -0.4 is 16.0 Å². The van der Waals surface area contributed by atoms with Crippen LogP contribution in [-0.4, -0.2) is 28.8 Å². The van der Waals surface area contributed by atoms with Crippen LogP contribution in [0.4, 0.5) is 0 Å². The van der Waals surface area contributed by atoms with Gasteiger partial charge in [-0.2, -0.15) is 0 Å². The van der Waals surface area contributed by atoms with Crippen molar-refractivity contribution in [3.63, 3.8) is 0 Å². The lowest BCUT2D eigenvalue weighted by Crippen LogP contribution is -2.41. The summed E-state index contributed by atoms with van der Waals surface area (Å²) >= 11 is 6.09. The summed E-state index contributed by atoms with van der Waals surface area (Å²) in [5.41, 5.74) is 4.26. The van der Waals surface area contributed by atoms with Crippen molar-refractivity contribution >= 4 is 28.4 Å². The maximum atomic E-state index is 13.6. The maximum absolute atomic E-state index is 13.6. The van der Waals surface area contributed by atoms with Crippen molar-refractivity contribution in [3.8, 4) is 11.6 Å². The van der Waals surface area contributed by atoms with Crippen LogP contribution in [0.1, 0.15) is 27.0 Å². The summed E-state index contributed by atoms with van der Waals surface area (Å²) in [4.78, 5) is 18.5. The summed E-state index contributed by atoms with van der Waals surface area (Å²) in [6, 6.07) is 20.0. The summed E-state index contributed by atoms with van der Waals surface area (Å²) in [7, 11) is 0. The lowest BCUT2D eigenvalue weighted by atomic mass is 9.99. The standard InChI is InChI=1S/C26H25ClN4O3/c1-16-10-11-18(17(2)12-16)13-20(15-33-28)29-25(32)24-22-8-3-4-9-23(22)30-31-26(24)34-21-7-5-6-19(27)14-21/h3-12,14,20H,13,15,28H2,1-2H3,(H,29,32). The number of aryl methyl sites for hydroxylation is 2. The van der Waals surface area contributed by atoms with Crippen molar-refractivity contribution in [2.24, 2.45) is 5.90 Å². The fraction of sp³-hybridized carbons (Fsp3) is 0.192. The van der Waals surface area contributed by atoms with E-state index in [1.165, 1.54) is 5.56 Å². The molecule has 0 aliphatic carbocycles. The van der Waals surface area contributed by atoms with Crippen LogP contribution in [0.5, 0.6) is 11.6 Å². The van der Waals surface area contributed by atoms with E-state index < -0.39 is 0 Å². The van der Waals surface area contributed by atoms with Gasteiger partial charge < -0.3 is 14.9 Å². The van der Waals surface area contributed by atoms with Crippen molar-refractivity contribution in [3.05, 3.63) is 94.0 Å². The number of carbonyl (C=O) groups is 1. The summed E-state index contributed by atoms with van der Waals surface area (Å²) in [5, 5.41) is 12.6. The average Bonchev–Trinajstić information content (AvgIpc) is 2.81. The Labute approximate surface area is 202 Å². The van der Waals surface area contributed by atoms with E-state index in [0.717, 1.165) is 11.1 Å². The average molecular weight is 477 g/mol. The van der Waals surface area contributed by atoms with Gasteiger partial charge in [-0.3, -0.25) is 4.79 Å². The third-order valence-corrected chi connectivity index (χ3v) is 5.71. The molecular formula is C26H25ClN4O3. The Balaban J connectivity index is 1.67. The first-order chi connectivity index (χ1) is 16.4. The number of aromatic nitrogens is 2. The number of halogens is 1. The third kappa shape index (κ3) is 5.51. The van der Waals surface area contributed by atoms with Crippen LogP contribution in [0.25, 0.3) is 10.9 Å². The van der Waals surface area contributed by atoms with Crippen LogP contribution in [0, 0.1) is 13.8 Å². The minimum atomic E-state index is -0.371. The summed E-state index contributed by atoms with van der Waals surface area (Å²) in [5.74, 6) is 5.55. The van der Waals surface area contributed by atoms with E-state index in [1.54, 1.807) is 30.3 Å². The molecule has 0 spiro atoms. The van der Waals surface area contributed by atoms with Gasteiger partial charge in [0.25, 0.3) is 11.8 Å². The van der Waals surface area contributed by atoms with E-state index in [2.05, 4.69) is 27.6 Å². The number of nitrogens with zero attached hydrogens (tertiary/aromatic N) is 2. The number of nitrogens with one attached hydrogen (secondary N) is 1. The molecule has 8 heteroatoms. The molecular weight excluding hydrogens is 452 g/mol. The number of fused-ring (bicyclic) bond motifs is 1. The Bertz CT molecular complexity index is 1330. The molecule has 1 amide bonds. The fourth-order valence-corrected chi connectivity index (χ4v) is 4.02. The molecule has 0 radical (unpaired) electrons. The van der Waals surface area contributed by atoms with Crippen molar-refractivity contribution < 1.29 is 14.4 Å². The highest BCUT2D eigenvalue weighted by Crippen LogP contribution is 2.29. The van der Waals surface area contributed by atoms with Gasteiger partial charge in [0, 0.05) is 10.4 Å². The smallest absolute Gasteiger partial charge is 0.257 e. The first kappa shape index (κ1) is 23.6. The first-order valence-corrected chi connectivity index (χ1v) is 11.2. The molecule has 4 aromatic rings. The third-order valence-electron chi connectivity index (χ3n) is 5.47. The van der Waals surface area contributed by atoms with E-state index in [-0.39, 0.29) is 30.0 Å². The zero-order valence-corrected chi connectivity index (χ0v) is 19.7. The maximum Gasteiger partial charge on any atom is 0.257 e. The van der Waals surface area contributed by atoms with Gasteiger partial charge in [-0.15, -0.1) is 10.2 Å². The number of hydrogen-bond acceptors (Lipinski definition) is 6. The van der Waals surface area contributed by atoms with Crippen molar-refractivity contribution in [2.45, 2.75) is 26.3 Å². The van der Waals surface area contributed by atoms with Gasteiger partial charge in [0.1, 0.15) is 11.3 Å². The molecule has 0 bridgehead atoms. The topological polar surface area (TPSA) is 99.4 Å². The zero-order valence-electron chi connectivity index (χ0n) is 18.9. The molecule has 7 nitrogen and oxygen atoms in total. The molecule has 1 aromatic heterocycles. The predicted molar refractivity (Wildman–Crippen MR) is 132 cm³/mol. The minimum absolute atomic E-state index is 0.0809. The minimum Gasteiger partial charge on any atom is -0.437 e. The monoisotopic (exact) mass is 476 g/mol. The summed E-state index contributed by atoms with van der Waals surface area (Å²) in [6.45, 7) is 4.23. The molecule has 1 heterocycles. The molecule has 34 heavy (non-hydrogen) atoms. The van der Waals surface area contributed by atoms with Crippen LogP contribution in [0.2, 0.25) is 5.02 Å². The molecule has 0 fully saturated rings. The number of carbonyl (C=O) groups excluding carboxylic acids is 1. The van der Waals surface area contributed by atoms with E-state index >= 15 is 0 Å². The van der Waals surface area contributed by atoms with Crippen molar-refractivity contribution in [1.29, 1.82) is 0 Å². The normalized spacial score (nSPS) is 11.9. The van der Waals surface area contributed by atoms with Gasteiger partial charge in [0.15, 0.2) is 0 Å². The molecule has 1 atom stereocenters. The number of hydrogen-bond donors (Lipinski definition) is 2. The van der Waals surface area contributed by atoms with E-state index in [1.807, 2.05) is 38.1 Å². The number of benzene rings is 3. The fourth-order valence-electron chi connectivity index (χ4n) is 3.84. The highest BCUT2D eigenvalue weighted by atomic mass is 35.5. The molecule has 174 valence electrons. The first-order valence-electron chi connectivity index (χ1n) is 10.8. The number of ether oxygens (including phenoxy) is 1. The summed E-state index contributed by atoms with van der Waals surface area (Å²) in [6.07, 6.45) is 0.552. The highest BCUT2D eigenvalue weighted by molar-refractivity contribution is 6.30. The Kier molecular flexibility index (Phi) is 7.37. The highest BCUT2D eigenvalue weighted by Gasteiger charge is 2.23. The molecule has 1 unspecified atom stereocenters. The van der Waals surface area contributed by atoms with Crippen LogP contribution in [0.15, 0.2) is 66.7 Å². The van der Waals surface area contributed by atoms with E-state index in [9.17, 15) is 4.79 Å². The molecule has 3 N–H and O–H groups in total. The van der Waals surface area contributed by atoms with Crippen LogP contribution in [0.3, 0.4) is 0 Å². The molecule has 0 saturated carbocycles. The van der Waals surface area contributed by atoms with Gasteiger partial charge in [-0.25, -0.2) is 5.90 Å².